The molecule has 0 spiro atoms. The van der Waals surface area contributed by atoms with Gasteiger partial charge < -0.3 is 25.6 Å². The molecule has 0 bridgehead atoms. The Kier molecular flexibility index (Phi) is 7.63. The summed E-state index contributed by atoms with van der Waals surface area (Å²) in [5, 5.41) is 2.75. The molecule has 6 rings (SSSR count). The Hall–Kier alpha value is -4.33. The van der Waals surface area contributed by atoms with Crippen LogP contribution in [0.5, 0.6) is 0 Å². The summed E-state index contributed by atoms with van der Waals surface area (Å²) in [4.78, 5) is 41.5. The summed E-state index contributed by atoms with van der Waals surface area (Å²) >= 11 is 0. The number of pyridine rings is 1. The van der Waals surface area contributed by atoms with E-state index in [0.717, 1.165) is 26.2 Å². The number of likely N-dealkylation sites (N-methyl/N-ethyl adjacent to an activating group) is 1. The molecular weight excluding hydrogens is 527 g/mol. The third-order valence-corrected chi connectivity index (χ3v) is 7.31. The maximum absolute atomic E-state index is 15.8. The van der Waals surface area contributed by atoms with Gasteiger partial charge in [-0.1, -0.05) is 12.1 Å². The summed E-state index contributed by atoms with van der Waals surface area (Å²) in [5.74, 6) is 0.429. The molecule has 0 aliphatic carbocycles. The van der Waals surface area contributed by atoms with Crippen molar-refractivity contribution in [3.8, 4) is 22.5 Å². The number of piperazine rings is 1. The van der Waals surface area contributed by atoms with Crippen molar-refractivity contribution in [3.63, 3.8) is 0 Å². The zero-order valence-electron chi connectivity index (χ0n) is 22.8. The van der Waals surface area contributed by atoms with Gasteiger partial charge in [0.15, 0.2) is 17.5 Å². The number of amides is 1. The highest BCUT2D eigenvalue weighted by Gasteiger charge is 2.22. The van der Waals surface area contributed by atoms with Crippen molar-refractivity contribution in [3.05, 3.63) is 48.7 Å². The normalized spacial score (nSPS) is 16.7. The summed E-state index contributed by atoms with van der Waals surface area (Å²) < 4.78 is 21.3. The number of hydrogen-bond acceptors (Lipinski definition) is 11. The van der Waals surface area contributed by atoms with Crippen molar-refractivity contribution in [1.82, 2.24) is 34.7 Å². The summed E-state index contributed by atoms with van der Waals surface area (Å²) in [6, 6.07) is 6.72. The van der Waals surface area contributed by atoms with Crippen LogP contribution in [-0.4, -0.2) is 107 Å². The van der Waals surface area contributed by atoms with Gasteiger partial charge in [0.25, 0.3) is 0 Å². The van der Waals surface area contributed by atoms with Gasteiger partial charge in [0.2, 0.25) is 11.9 Å². The Morgan fingerprint density at radius 1 is 1.00 bits per heavy atom. The maximum atomic E-state index is 15.8. The number of halogens is 1. The number of carbonyl (C=O) groups is 1. The van der Waals surface area contributed by atoms with Crippen LogP contribution in [-0.2, 0) is 9.53 Å². The Morgan fingerprint density at radius 3 is 2.49 bits per heavy atom. The van der Waals surface area contributed by atoms with E-state index >= 15 is 4.39 Å². The van der Waals surface area contributed by atoms with E-state index < -0.39 is 5.82 Å². The Morgan fingerprint density at radius 2 is 1.73 bits per heavy atom. The second-order valence-electron chi connectivity index (χ2n) is 10.2. The zero-order valence-corrected chi connectivity index (χ0v) is 22.8. The van der Waals surface area contributed by atoms with Crippen LogP contribution in [0.15, 0.2) is 42.9 Å². The number of rotatable bonds is 6. The van der Waals surface area contributed by atoms with Gasteiger partial charge in [-0.15, -0.1) is 0 Å². The van der Waals surface area contributed by atoms with Gasteiger partial charge in [0.05, 0.1) is 36.5 Å². The number of nitrogens with zero attached hydrogens (tertiary/aromatic N) is 8. The molecule has 4 aromatic rings. The number of fused-ring (bicyclic) bond motifs is 1. The summed E-state index contributed by atoms with van der Waals surface area (Å²) in [6.07, 6.45) is 4.74. The van der Waals surface area contributed by atoms with Gasteiger partial charge in [-0.25, -0.2) is 24.3 Å². The van der Waals surface area contributed by atoms with Crippen LogP contribution in [0.3, 0.4) is 0 Å². The van der Waals surface area contributed by atoms with Crippen molar-refractivity contribution >= 4 is 34.4 Å². The fourth-order valence-corrected chi connectivity index (χ4v) is 4.98. The van der Waals surface area contributed by atoms with E-state index in [9.17, 15) is 4.79 Å². The van der Waals surface area contributed by atoms with Gasteiger partial charge in [-0.05, 0) is 19.2 Å². The van der Waals surface area contributed by atoms with Crippen molar-refractivity contribution in [2.24, 2.45) is 0 Å². The molecule has 0 radical (unpaired) electrons. The van der Waals surface area contributed by atoms with E-state index in [1.54, 1.807) is 42.9 Å². The molecule has 3 N–H and O–H groups in total. The molecule has 1 amide bonds. The number of nitrogen functional groups attached to an aromatic ring is 1. The number of nitrogens with one attached hydrogen (secondary N) is 1. The average Bonchev–Trinajstić information content (AvgIpc) is 2.99. The smallest absolute Gasteiger partial charge is 0.238 e. The second kappa shape index (κ2) is 11.6. The second-order valence-corrected chi connectivity index (χ2v) is 10.2. The Labute approximate surface area is 236 Å². The molecule has 12 nitrogen and oxygen atoms in total. The molecule has 13 heteroatoms. The molecule has 2 saturated heterocycles. The first-order valence-corrected chi connectivity index (χ1v) is 13.5. The summed E-state index contributed by atoms with van der Waals surface area (Å²) in [5.41, 5.74) is 8.35. The minimum absolute atomic E-state index is 0.123. The lowest BCUT2D eigenvalue weighted by Crippen LogP contribution is -2.47. The van der Waals surface area contributed by atoms with Crippen LogP contribution >= 0.6 is 0 Å². The van der Waals surface area contributed by atoms with Crippen molar-refractivity contribution in [2.45, 2.75) is 0 Å². The molecule has 2 fully saturated rings. The van der Waals surface area contributed by atoms with Crippen LogP contribution in [0.1, 0.15) is 0 Å². The fourth-order valence-electron chi connectivity index (χ4n) is 4.98. The lowest BCUT2D eigenvalue weighted by atomic mass is 10.1. The van der Waals surface area contributed by atoms with E-state index in [-0.39, 0.29) is 24.1 Å². The minimum Gasteiger partial charge on any atom is -0.378 e. The number of benzene rings is 1. The number of morpholine rings is 1. The van der Waals surface area contributed by atoms with Crippen molar-refractivity contribution in [2.75, 3.05) is 82.0 Å². The predicted molar refractivity (Wildman–Crippen MR) is 154 cm³/mol. The van der Waals surface area contributed by atoms with Gasteiger partial charge >= 0.3 is 0 Å². The molecule has 0 atom stereocenters. The standard InChI is InChI=1S/C28H31FN10O2/c1-37-5-7-38(8-6-37)17-23(40)34-21-4-2-3-20(24(21)29)18-13-22-25(31-14-18)27(39-9-11-41-12-10-39)36-26(35-22)19-15-32-28(30)33-16-19/h2-4,13-16H,5-12,17H2,1H3,(H,34,40)(H2,30,32,33). The van der Waals surface area contributed by atoms with Gasteiger partial charge in [-0.3, -0.25) is 14.7 Å². The summed E-state index contributed by atoms with van der Waals surface area (Å²) in [7, 11) is 2.06. The fraction of sp³-hybridized carbons (Fsp3) is 0.357. The van der Waals surface area contributed by atoms with E-state index in [2.05, 4.69) is 42.0 Å². The van der Waals surface area contributed by atoms with Crippen molar-refractivity contribution < 1.29 is 13.9 Å². The first-order chi connectivity index (χ1) is 19.9. The maximum Gasteiger partial charge on any atom is 0.238 e. The Balaban J connectivity index is 1.33. The molecule has 1 aromatic carbocycles. The first-order valence-electron chi connectivity index (χ1n) is 13.5. The largest absolute Gasteiger partial charge is 0.378 e. The predicted octanol–water partition coefficient (Wildman–Crippen LogP) is 1.89. The third-order valence-electron chi connectivity index (χ3n) is 7.31. The molecule has 212 valence electrons. The Bertz CT molecular complexity index is 1550. The number of anilines is 3. The highest BCUT2D eigenvalue weighted by atomic mass is 19.1. The highest BCUT2D eigenvalue weighted by Crippen LogP contribution is 2.32. The molecular formula is C28H31FN10O2. The highest BCUT2D eigenvalue weighted by molar-refractivity contribution is 5.94. The van der Waals surface area contributed by atoms with Gasteiger partial charge in [-0.2, -0.15) is 0 Å². The average molecular weight is 559 g/mol. The van der Waals surface area contributed by atoms with E-state index in [1.165, 1.54) is 0 Å². The SMILES string of the molecule is CN1CCN(CC(=O)Nc2cccc(-c3cnc4c(N5CCOCC5)nc(-c5cnc(N)nc5)nc4c3)c2F)CC1. The van der Waals surface area contributed by atoms with E-state index in [0.29, 0.717) is 65.7 Å². The van der Waals surface area contributed by atoms with Crippen LogP contribution in [0.25, 0.3) is 33.5 Å². The molecule has 0 unspecified atom stereocenters. The molecule has 2 aliphatic rings. The lowest BCUT2D eigenvalue weighted by molar-refractivity contribution is -0.117. The third kappa shape index (κ3) is 5.92. The van der Waals surface area contributed by atoms with Crippen LogP contribution in [0, 0.1) is 5.82 Å². The topological polar surface area (TPSA) is 139 Å². The summed E-state index contributed by atoms with van der Waals surface area (Å²) in [6.45, 7) is 6.06. The zero-order chi connectivity index (χ0) is 28.3. The quantitative estimate of drug-likeness (QED) is 0.359. The first kappa shape index (κ1) is 26.9. The number of nitrogens with two attached hydrogens (primary N) is 1. The lowest BCUT2D eigenvalue weighted by Gasteiger charge is -2.31. The van der Waals surface area contributed by atoms with Crippen molar-refractivity contribution in [1.29, 1.82) is 0 Å². The van der Waals surface area contributed by atoms with Gasteiger partial charge in [0.1, 0.15) is 5.52 Å². The van der Waals surface area contributed by atoms with Gasteiger partial charge in [0, 0.05) is 69.0 Å². The molecule has 0 saturated carbocycles. The number of ether oxygens (including phenoxy) is 1. The van der Waals surface area contributed by atoms with E-state index in [4.69, 9.17) is 20.4 Å². The minimum atomic E-state index is -0.532. The number of aromatic nitrogens is 5. The molecule has 2 aliphatic heterocycles. The van der Waals surface area contributed by atoms with Crippen LogP contribution < -0.4 is 16.0 Å². The monoisotopic (exact) mass is 558 g/mol. The molecule has 41 heavy (non-hydrogen) atoms. The number of carbonyl (C=O) groups excluding carboxylic acids is 1. The van der Waals surface area contributed by atoms with Crippen LogP contribution in [0.4, 0.5) is 21.8 Å². The van der Waals surface area contributed by atoms with E-state index in [1.807, 2.05) is 0 Å². The van der Waals surface area contributed by atoms with Crippen LogP contribution in [0.2, 0.25) is 0 Å². The number of hydrogen-bond donors (Lipinski definition) is 2. The molecule has 5 heterocycles. The molecule has 3 aromatic heterocycles.